The molecule has 0 fully saturated rings. The number of hydrogen-bond acceptors (Lipinski definition) is 6. The maximum absolute atomic E-state index is 13.9. The summed E-state index contributed by atoms with van der Waals surface area (Å²) < 4.78 is 18.6. The molecule has 0 saturated carbocycles. The largest absolute Gasteiger partial charge is 0.466 e. The maximum atomic E-state index is 13.9. The van der Waals surface area contributed by atoms with Gasteiger partial charge in [0.15, 0.2) is 5.82 Å². The quantitative estimate of drug-likeness (QED) is 0.766. The van der Waals surface area contributed by atoms with Crippen LogP contribution in [0, 0.1) is 17.1 Å². The summed E-state index contributed by atoms with van der Waals surface area (Å²) in [6, 6.07) is 4.22. The second kappa shape index (κ2) is 7.29. The fourth-order valence-electron chi connectivity index (χ4n) is 2.25. The highest BCUT2D eigenvalue weighted by atomic mass is 35.5. The van der Waals surface area contributed by atoms with Gasteiger partial charge < -0.3 is 20.1 Å². The first-order valence-electron chi connectivity index (χ1n) is 6.81. The summed E-state index contributed by atoms with van der Waals surface area (Å²) in [4.78, 5) is 25.5. The summed E-state index contributed by atoms with van der Waals surface area (Å²) >= 11 is 5.63. The molecule has 24 heavy (non-hydrogen) atoms. The summed E-state index contributed by atoms with van der Waals surface area (Å²) in [5, 5.41) is 20.5. The molecule has 0 aliphatic carbocycles. The van der Waals surface area contributed by atoms with Gasteiger partial charge in [-0.3, -0.25) is 4.79 Å². The van der Waals surface area contributed by atoms with Crippen LogP contribution in [0.15, 0.2) is 23.4 Å². The summed E-state index contributed by atoms with van der Waals surface area (Å²) in [7, 11) is 1.16. The van der Waals surface area contributed by atoms with Crippen LogP contribution >= 0.6 is 11.6 Å². The molecule has 0 unspecified atom stereocenters. The molecule has 7 nitrogen and oxygen atoms in total. The van der Waals surface area contributed by atoms with E-state index in [9.17, 15) is 14.0 Å². The number of nitrogens with one attached hydrogen (secondary N) is 1. The number of nitriles is 1. The van der Waals surface area contributed by atoms with E-state index in [4.69, 9.17) is 22.0 Å². The van der Waals surface area contributed by atoms with E-state index in [0.29, 0.717) is 0 Å². The van der Waals surface area contributed by atoms with Crippen LogP contribution in [0.4, 0.5) is 10.1 Å². The molecule has 9 heteroatoms. The van der Waals surface area contributed by atoms with Crippen molar-refractivity contribution in [2.45, 2.75) is 0 Å². The van der Waals surface area contributed by atoms with Gasteiger partial charge in [0.25, 0.3) is 5.91 Å². The average Bonchev–Trinajstić information content (AvgIpc) is 2.87. The zero-order valence-corrected chi connectivity index (χ0v) is 13.4. The van der Waals surface area contributed by atoms with Gasteiger partial charge in [-0.2, -0.15) is 5.26 Å². The first kappa shape index (κ1) is 17.7. The number of amides is 1. The minimum atomic E-state index is -0.929. The Bertz CT molecular complexity index is 773. The number of aliphatic hydroxyl groups excluding tert-OH is 1. The first-order chi connectivity index (χ1) is 11.4. The molecule has 1 amide bonds. The summed E-state index contributed by atoms with van der Waals surface area (Å²) in [5.41, 5.74) is -0.494. The van der Waals surface area contributed by atoms with E-state index in [1.54, 1.807) is 6.07 Å². The molecular formula is C15H13ClFN3O4. The number of hydrogen-bond donors (Lipinski definition) is 2. The van der Waals surface area contributed by atoms with Crippen molar-refractivity contribution in [3.05, 3.63) is 39.8 Å². The zero-order valence-electron chi connectivity index (χ0n) is 12.6. The van der Waals surface area contributed by atoms with E-state index in [2.05, 4.69) is 10.1 Å². The molecule has 0 spiro atoms. The van der Waals surface area contributed by atoms with Crippen molar-refractivity contribution in [1.29, 1.82) is 5.26 Å². The fourth-order valence-corrected chi connectivity index (χ4v) is 2.41. The van der Waals surface area contributed by atoms with Crippen LogP contribution in [0.25, 0.3) is 0 Å². The lowest BCUT2D eigenvalue weighted by Crippen LogP contribution is -2.31. The average molecular weight is 354 g/mol. The number of nitrogens with zero attached hydrogens (tertiary/aromatic N) is 2. The van der Waals surface area contributed by atoms with E-state index in [1.807, 2.05) is 0 Å². The minimum absolute atomic E-state index is 0.00463. The second-order valence-corrected chi connectivity index (χ2v) is 5.22. The third-order valence-electron chi connectivity index (χ3n) is 3.42. The molecule has 1 aliphatic rings. The molecule has 0 bridgehead atoms. The lowest BCUT2D eigenvalue weighted by atomic mass is 10.1. The number of carbonyl (C=O) groups excluding carboxylic acids is 2. The van der Waals surface area contributed by atoms with Crippen molar-refractivity contribution in [3.63, 3.8) is 0 Å². The standard InChI is InChI=1S/C15H13ClFN3O4/c1-24-15(23)9-7-20(4-5-21)14(22)13(9)19-11-3-2-10(16)12(17)8(11)6-18/h2-3,19,21H,4-5,7H2,1H3. The van der Waals surface area contributed by atoms with Crippen LogP contribution < -0.4 is 5.32 Å². The molecule has 1 aromatic carbocycles. The molecule has 126 valence electrons. The van der Waals surface area contributed by atoms with Crippen LogP contribution in [0.1, 0.15) is 5.56 Å². The van der Waals surface area contributed by atoms with E-state index in [1.165, 1.54) is 17.0 Å². The highest BCUT2D eigenvalue weighted by Gasteiger charge is 2.35. The monoisotopic (exact) mass is 353 g/mol. The van der Waals surface area contributed by atoms with E-state index in [-0.39, 0.29) is 47.2 Å². The Labute approximate surface area is 141 Å². The lowest BCUT2D eigenvalue weighted by Gasteiger charge is -2.15. The van der Waals surface area contributed by atoms with E-state index < -0.39 is 17.7 Å². The minimum Gasteiger partial charge on any atom is -0.466 e. The highest BCUT2D eigenvalue weighted by molar-refractivity contribution is 6.31. The van der Waals surface area contributed by atoms with E-state index in [0.717, 1.165) is 7.11 Å². The molecular weight excluding hydrogens is 341 g/mol. The van der Waals surface area contributed by atoms with Crippen molar-refractivity contribution in [3.8, 4) is 6.07 Å². The number of benzene rings is 1. The van der Waals surface area contributed by atoms with Gasteiger partial charge in [-0.15, -0.1) is 0 Å². The third kappa shape index (κ3) is 3.18. The van der Waals surface area contributed by atoms with E-state index >= 15 is 0 Å². The number of methoxy groups -OCH3 is 1. The van der Waals surface area contributed by atoms with Crippen molar-refractivity contribution in [2.24, 2.45) is 0 Å². The maximum Gasteiger partial charge on any atom is 0.337 e. The molecule has 1 heterocycles. The predicted octanol–water partition coefficient (Wildman–Crippen LogP) is 1.02. The SMILES string of the molecule is COC(=O)C1=C(Nc2ccc(Cl)c(F)c2C#N)C(=O)N(CCO)C1. The number of aliphatic hydroxyl groups is 1. The van der Waals surface area contributed by atoms with Crippen LogP contribution in [-0.4, -0.2) is 48.7 Å². The van der Waals surface area contributed by atoms with Gasteiger partial charge in [-0.25, -0.2) is 9.18 Å². The van der Waals surface area contributed by atoms with Gasteiger partial charge in [-0.05, 0) is 12.1 Å². The Morgan fingerprint density at radius 3 is 2.88 bits per heavy atom. The van der Waals surface area contributed by atoms with Gasteiger partial charge in [0.05, 0.1) is 36.5 Å². The highest BCUT2D eigenvalue weighted by Crippen LogP contribution is 2.28. The Hall–Kier alpha value is -2.63. The van der Waals surface area contributed by atoms with Crippen LogP contribution in [0.3, 0.4) is 0 Å². The van der Waals surface area contributed by atoms with Gasteiger partial charge in [0, 0.05) is 6.54 Å². The Morgan fingerprint density at radius 1 is 1.58 bits per heavy atom. The number of carbonyl (C=O) groups is 2. The number of ether oxygens (including phenoxy) is 1. The lowest BCUT2D eigenvalue weighted by molar-refractivity contribution is -0.136. The number of rotatable bonds is 5. The molecule has 1 aliphatic heterocycles. The van der Waals surface area contributed by atoms with Gasteiger partial charge in [0.2, 0.25) is 0 Å². The number of halogens is 2. The summed E-state index contributed by atoms with van der Waals surface area (Å²) in [6.45, 7) is -0.330. The van der Waals surface area contributed by atoms with Crippen LogP contribution in [-0.2, 0) is 14.3 Å². The van der Waals surface area contributed by atoms with Crippen molar-refractivity contribution < 1.29 is 23.8 Å². The zero-order chi connectivity index (χ0) is 17.9. The smallest absolute Gasteiger partial charge is 0.337 e. The molecule has 2 rings (SSSR count). The van der Waals surface area contributed by atoms with Crippen molar-refractivity contribution in [2.75, 3.05) is 32.1 Å². The summed E-state index contributed by atoms with van der Waals surface area (Å²) in [5.74, 6) is -2.23. The third-order valence-corrected chi connectivity index (χ3v) is 3.71. The molecule has 0 radical (unpaired) electrons. The predicted molar refractivity (Wildman–Crippen MR) is 82.5 cm³/mol. The molecule has 2 N–H and O–H groups in total. The molecule has 0 saturated heterocycles. The number of esters is 1. The Kier molecular flexibility index (Phi) is 5.39. The molecule has 1 aromatic rings. The molecule has 0 aromatic heterocycles. The van der Waals surface area contributed by atoms with Gasteiger partial charge >= 0.3 is 5.97 Å². The molecule has 0 atom stereocenters. The van der Waals surface area contributed by atoms with Gasteiger partial charge in [0.1, 0.15) is 17.3 Å². The number of β-amino-alcohol motifs (C(OH)–C–C–N with tert-alkyl or cyclic N) is 1. The second-order valence-electron chi connectivity index (χ2n) is 4.82. The summed E-state index contributed by atoms with van der Waals surface area (Å²) in [6.07, 6.45) is 0. The van der Waals surface area contributed by atoms with Gasteiger partial charge in [-0.1, -0.05) is 11.6 Å². The Morgan fingerprint density at radius 2 is 2.29 bits per heavy atom. The first-order valence-corrected chi connectivity index (χ1v) is 7.19. The van der Waals surface area contributed by atoms with Crippen molar-refractivity contribution in [1.82, 2.24) is 4.90 Å². The Balaban J connectivity index is 2.45. The van der Waals surface area contributed by atoms with Crippen LogP contribution in [0.2, 0.25) is 5.02 Å². The fraction of sp³-hybridized carbons (Fsp3) is 0.267. The normalized spacial score (nSPS) is 14.0. The topological polar surface area (TPSA) is 103 Å². The van der Waals surface area contributed by atoms with Crippen LogP contribution in [0.5, 0.6) is 0 Å². The van der Waals surface area contributed by atoms with Crippen molar-refractivity contribution >= 4 is 29.2 Å². The number of anilines is 1.